The number of amides is 1. The van der Waals surface area contributed by atoms with Gasteiger partial charge in [0.25, 0.3) is 5.91 Å². The molecular weight excluding hydrogens is 309 g/mol. The molecular formula is C16H21Cl2NO2. The van der Waals surface area contributed by atoms with Crippen molar-refractivity contribution in [1.29, 1.82) is 0 Å². The Morgan fingerprint density at radius 3 is 2.48 bits per heavy atom. The number of hydrogen-bond donors (Lipinski definition) is 1. The molecule has 0 atom stereocenters. The van der Waals surface area contributed by atoms with Crippen molar-refractivity contribution in [3.8, 4) is 5.75 Å². The predicted octanol–water partition coefficient (Wildman–Crippen LogP) is 4.60. The zero-order valence-corrected chi connectivity index (χ0v) is 13.6. The second-order valence-electron chi connectivity index (χ2n) is 5.47. The molecule has 1 saturated carbocycles. The third kappa shape index (κ3) is 5.76. The highest BCUT2D eigenvalue weighted by molar-refractivity contribution is 6.35. The fourth-order valence-electron chi connectivity index (χ4n) is 2.61. The summed E-state index contributed by atoms with van der Waals surface area (Å²) in [5.41, 5.74) is 0. The topological polar surface area (TPSA) is 38.3 Å². The normalized spacial score (nSPS) is 16.9. The fraction of sp³-hybridized carbons (Fsp3) is 0.562. The van der Waals surface area contributed by atoms with Gasteiger partial charge in [-0.1, -0.05) is 55.3 Å². The lowest BCUT2D eigenvalue weighted by molar-refractivity contribution is -0.123. The first-order valence-corrected chi connectivity index (χ1v) is 8.28. The van der Waals surface area contributed by atoms with Crippen LogP contribution in [0, 0.1) is 0 Å². The van der Waals surface area contributed by atoms with Crippen LogP contribution in [0.4, 0.5) is 0 Å². The van der Waals surface area contributed by atoms with E-state index in [1.165, 1.54) is 32.1 Å². The number of benzene rings is 1. The average molecular weight is 330 g/mol. The summed E-state index contributed by atoms with van der Waals surface area (Å²) in [5, 5.41) is 4.02. The molecule has 0 heterocycles. The van der Waals surface area contributed by atoms with Gasteiger partial charge in [-0.05, 0) is 31.0 Å². The maximum atomic E-state index is 12.0. The summed E-state index contributed by atoms with van der Waals surface area (Å²) >= 11 is 11.8. The van der Waals surface area contributed by atoms with Gasteiger partial charge in [0, 0.05) is 11.1 Å². The second-order valence-corrected chi connectivity index (χ2v) is 6.32. The van der Waals surface area contributed by atoms with E-state index in [1.54, 1.807) is 18.2 Å². The molecule has 0 unspecified atom stereocenters. The Morgan fingerprint density at radius 1 is 1.14 bits per heavy atom. The van der Waals surface area contributed by atoms with Crippen LogP contribution in [0.1, 0.15) is 44.9 Å². The average Bonchev–Trinajstić information content (AvgIpc) is 2.41. The molecule has 1 aliphatic rings. The van der Waals surface area contributed by atoms with Gasteiger partial charge < -0.3 is 10.1 Å². The number of nitrogens with one attached hydrogen (secondary N) is 1. The first-order valence-electron chi connectivity index (χ1n) is 7.52. The minimum atomic E-state index is -0.0911. The zero-order chi connectivity index (χ0) is 15.1. The lowest BCUT2D eigenvalue weighted by Crippen LogP contribution is -2.38. The van der Waals surface area contributed by atoms with Crippen LogP contribution in [0.25, 0.3) is 0 Å². The predicted molar refractivity (Wildman–Crippen MR) is 86.2 cm³/mol. The van der Waals surface area contributed by atoms with Crippen molar-refractivity contribution >= 4 is 29.1 Å². The van der Waals surface area contributed by atoms with Crippen molar-refractivity contribution < 1.29 is 9.53 Å². The number of carbonyl (C=O) groups excluding carboxylic acids is 1. The first kappa shape index (κ1) is 16.4. The highest BCUT2D eigenvalue weighted by Crippen LogP contribution is 2.27. The minimum absolute atomic E-state index is 0.0160. The molecule has 0 aromatic heterocycles. The van der Waals surface area contributed by atoms with E-state index in [1.807, 2.05) is 0 Å². The van der Waals surface area contributed by atoms with Crippen molar-refractivity contribution in [1.82, 2.24) is 5.32 Å². The molecule has 0 radical (unpaired) electrons. The van der Waals surface area contributed by atoms with Gasteiger partial charge in [-0.3, -0.25) is 4.79 Å². The van der Waals surface area contributed by atoms with Gasteiger partial charge in [-0.2, -0.15) is 0 Å². The van der Waals surface area contributed by atoms with Gasteiger partial charge in [-0.25, -0.2) is 0 Å². The third-order valence-corrected chi connectivity index (χ3v) is 4.25. The Labute approximate surface area is 136 Å². The van der Waals surface area contributed by atoms with Crippen LogP contribution in [-0.2, 0) is 4.79 Å². The van der Waals surface area contributed by atoms with E-state index >= 15 is 0 Å². The van der Waals surface area contributed by atoms with Crippen LogP contribution in [0.3, 0.4) is 0 Å². The quantitative estimate of drug-likeness (QED) is 0.876. The van der Waals surface area contributed by atoms with Crippen LogP contribution in [0.15, 0.2) is 18.2 Å². The lowest BCUT2D eigenvalue weighted by Gasteiger charge is -2.21. The Bertz CT molecular complexity index is 471. The monoisotopic (exact) mass is 329 g/mol. The molecule has 21 heavy (non-hydrogen) atoms. The molecule has 1 aliphatic carbocycles. The molecule has 1 aromatic carbocycles. The Hall–Kier alpha value is -0.930. The molecule has 5 heteroatoms. The molecule has 1 amide bonds. The van der Waals surface area contributed by atoms with Crippen LogP contribution >= 0.6 is 23.2 Å². The third-order valence-electron chi connectivity index (χ3n) is 3.72. The van der Waals surface area contributed by atoms with Crippen molar-refractivity contribution in [3.63, 3.8) is 0 Å². The largest absolute Gasteiger partial charge is 0.482 e. The summed E-state index contributed by atoms with van der Waals surface area (Å²) in [7, 11) is 0. The molecule has 0 aliphatic heterocycles. The lowest BCUT2D eigenvalue weighted by atomic mass is 9.97. The highest BCUT2D eigenvalue weighted by Gasteiger charge is 2.14. The molecule has 1 fully saturated rings. The Balaban J connectivity index is 1.78. The van der Waals surface area contributed by atoms with Gasteiger partial charge in [0.05, 0.1) is 5.02 Å². The standard InChI is InChI=1S/C16H21Cl2NO2/c17-12-8-9-15(14(18)10-12)21-11-16(20)19-13-6-4-2-1-3-5-7-13/h8-10,13H,1-7,11H2,(H,19,20). The number of ether oxygens (including phenoxy) is 1. The van der Waals surface area contributed by atoms with Crippen molar-refractivity contribution in [3.05, 3.63) is 28.2 Å². The van der Waals surface area contributed by atoms with E-state index in [2.05, 4.69) is 5.32 Å². The summed E-state index contributed by atoms with van der Waals surface area (Å²) in [5.74, 6) is 0.389. The molecule has 116 valence electrons. The summed E-state index contributed by atoms with van der Waals surface area (Å²) in [6.45, 7) is -0.0160. The highest BCUT2D eigenvalue weighted by atomic mass is 35.5. The van der Waals surface area contributed by atoms with Gasteiger partial charge in [0.15, 0.2) is 6.61 Å². The van der Waals surface area contributed by atoms with Crippen molar-refractivity contribution in [2.24, 2.45) is 0 Å². The number of halogens is 2. The first-order chi connectivity index (χ1) is 10.1. The van der Waals surface area contributed by atoms with E-state index < -0.39 is 0 Å². The number of rotatable bonds is 4. The van der Waals surface area contributed by atoms with E-state index in [9.17, 15) is 4.79 Å². The summed E-state index contributed by atoms with van der Waals surface area (Å²) in [6.07, 6.45) is 8.36. The molecule has 0 bridgehead atoms. The maximum Gasteiger partial charge on any atom is 0.258 e. The van der Waals surface area contributed by atoms with Gasteiger partial charge >= 0.3 is 0 Å². The number of hydrogen-bond acceptors (Lipinski definition) is 2. The summed E-state index contributed by atoms with van der Waals surface area (Å²) in [4.78, 5) is 12.0. The second kappa shape index (κ2) is 8.50. The molecule has 1 N–H and O–H groups in total. The van der Waals surface area contributed by atoms with Crippen LogP contribution in [0.2, 0.25) is 10.0 Å². The van der Waals surface area contributed by atoms with Gasteiger partial charge in [0.2, 0.25) is 0 Å². The summed E-state index contributed by atoms with van der Waals surface area (Å²) in [6, 6.07) is 5.25. The van der Waals surface area contributed by atoms with Crippen LogP contribution < -0.4 is 10.1 Å². The van der Waals surface area contributed by atoms with E-state index in [4.69, 9.17) is 27.9 Å². The summed E-state index contributed by atoms with van der Waals surface area (Å²) < 4.78 is 5.45. The number of carbonyl (C=O) groups is 1. The Kier molecular flexibility index (Phi) is 6.65. The molecule has 2 rings (SSSR count). The maximum absolute atomic E-state index is 12.0. The Morgan fingerprint density at radius 2 is 1.81 bits per heavy atom. The van der Waals surface area contributed by atoms with Crippen molar-refractivity contribution in [2.45, 2.75) is 51.0 Å². The molecule has 0 spiro atoms. The van der Waals surface area contributed by atoms with E-state index in [0.717, 1.165) is 12.8 Å². The minimum Gasteiger partial charge on any atom is -0.482 e. The molecule has 1 aromatic rings. The van der Waals surface area contributed by atoms with Crippen molar-refractivity contribution in [2.75, 3.05) is 6.61 Å². The zero-order valence-electron chi connectivity index (χ0n) is 12.0. The fourth-order valence-corrected chi connectivity index (χ4v) is 3.07. The molecule has 3 nitrogen and oxygen atoms in total. The van der Waals surface area contributed by atoms with Crippen LogP contribution in [-0.4, -0.2) is 18.6 Å². The smallest absolute Gasteiger partial charge is 0.258 e. The van der Waals surface area contributed by atoms with Gasteiger partial charge in [0.1, 0.15) is 5.75 Å². The van der Waals surface area contributed by atoms with E-state index in [-0.39, 0.29) is 18.6 Å². The molecule has 0 saturated heterocycles. The SMILES string of the molecule is O=C(COc1ccc(Cl)cc1Cl)NC1CCCCCCC1. The van der Waals surface area contributed by atoms with E-state index in [0.29, 0.717) is 15.8 Å². The van der Waals surface area contributed by atoms with Gasteiger partial charge in [-0.15, -0.1) is 0 Å². The van der Waals surface area contributed by atoms with Crippen LogP contribution in [0.5, 0.6) is 5.75 Å².